The number of carbonyl (C=O) groups is 1. The molecule has 1 aliphatic heterocycles. The van der Waals surface area contributed by atoms with Crippen LogP contribution in [0.5, 0.6) is 0 Å². The molecule has 2 aromatic carbocycles. The molecule has 2 N–H and O–H groups in total. The van der Waals surface area contributed by atoms with Gasteiger partial charge in [-0.25, -0.2) is 0 Å². The van der Waals surface area contributed by atoms with Gasteiger partial charge in [0.1, 0.15) is 0 Å². The van der Waals surface area contributed by atoms with Crippen molar-refractivity contribution in [2.75, 3.05) is 11.9 Å². The lowest BCUT2D eigenvalue weighted by Gasteiger charge is -2.18. The number of fused-ring (bicyclic) bond motifs is 1. The number of halogens is 3. The van der Waals surface area contributed by atoms with E-state index in [2.05, 4.69) is 10.6 Å². The monoisotopic (exact) mass is 354 g/mol. The molecule has 6 heteroatoms. The lowest BCUT2D eigenvalue weighted by Crippen LogP contribution is -2.31. The van der Waals surface area contributed by atoms with Crippen LogP contribution >= 0.6 is 34.8 Å². The molecule has 0 atom stereocenters. The highest BCUT2D eigenvalue weighted by molar-refractivity contribution is 6.43. The van der Waals surface area contributed by atoms with E-state index in [1.807, 2.05) is 18.2 Å². The Morgan fingerprint density at radius 1 is 1.14 bits per heavy atom. The summed E-state index contributed by atoms with van der Waals surface area (Å²) >= 11 is 18.2. The third-order valence-electron chi connectivity index (χ3n) is 3.58. The Labute approximate surface area is 143 Å². The molecule has 0 radical (unpaired) electrons. The van der Waals surface area contributed by atoms with Crippen LogP contribution in [0.2, 0.25) is 15.1 Å². The molecule has 22 heavy (non-hydrogen) atoms. The van der Waals surface area contributed by atoms with Gasteiger partial charge in [-0.3, -0.25) is 4.79 Å². The minimum atomic E-state index is -0.0162. The van der Waals surface area contributed by atoms with E-state index in [-0.39, 0.29) is 5.91 Å². The van der Waals surface area contributed by atoms with Gasteiger partial charge >= 0.3 is 0 Å². The Morgan fingerprint density at radius 2 is 1.95 bits per heavy atom. The van der Waals surface area contributed by atoms with E-state index in [0.717, 1.165) is 28.8 Å². The maximum atomic E-state index is 11.7. The van der Waals surface area contributed by atoms with Crippen LogP contribution in [-0.4, -0.2) is 12.5 Å². The van der Waals surface area contributed by atoms with Crippen LogP contribution in [0.25, 0.3) is 0 Å². The minimum Gasteiger partial charge on any atom is -0.381 e. The van der Waals surface area contributed by atoms with E-state index in [4.69, 9.17) is 34.8 Å². The van der Waals surface area contributed by atoms with E-state index in [1.165, 1.54) is 0 Å². The highest BCUT2D eigenvalue weighted by atomic mass is 35.5. The first-order valence-corrected chi connectivity index (χ1v) is 7.96. The number of rotatable bonds is 3. The fourth-order valence-electron chi connectivity index (χ4n) is 2.47. The lowest BCUT2D eigenvalue weighted by molar-refractivity contribution is 0.0946. The van der Waals surface area contributed by atoms with Crippen molar-refractivity contribution in [2.24, 2.45) is 0 Å². The Bertz CT molecular complexity index is 746. The zero-order valence-electron chi connectivity index (χ0n) is 11.6. The lowest BCUT2D eigenvalue weighted by atomic mass is 10.00. The Balaban J connectivity index is 1.79. The average Bonchev–Trinajstić information content (AvgIpc) is 2.49. The molecular formula is C16H13Cl3N2O. The fourth-order valence-corrected chi connectivity index (χ4v) is 3.18. The van der Waals surface area contributed by atoms with Crippen molar-refractivity contribution in [1.82, 2.24) is 5.32 Å². The van der Waals surface area contributed by atoms with E-state index in [0.29, 0.717) is 28.2 Å². The molecule has 0 fully saturated rings. The normalized spacial score (nSPS) is 13.5. The van der Waals surface area contributed by atoms with Crippen LogP contribution in [0.4, 0.5) is 5.69 Å². The summed E-state index contributed by atoms with van der Waals surface area (Å²) in [4.78, 5) is 11.7. The van der Waals surface area contributed by atoms with Crippen molar-refractivity contribution in [3.8, 4) is 0 Å². The molecule has 114 valence electrons. The van der Waals surface area contributed by atoms with Gasteiger partial charge in [-0.15, -0.1) is 0 Å². The van der Waals surface area contributed by atoms with Crippen LogP contribution in [0, 0.1) is 0 Å². The number of amides is 1. The SMILES string of the molecule is O=C1NCCc2cc(NCc3cc(Cl)cc(Cl)c3Cl)ccc21. The number of anilines is 1. The first-order valence-electron chi connectivity index (χ1n) is 6.83. The molecule has 0 spiro atoms. The van der Waals surface area contributed by atoms with Crippen molar-refractivity contribution >= 4 is 46.4 Å². The molecule has 0 aromatic heterocycles. The second kappa shape index (κ2) is 6.37. The summed E-state index contributed by atoms with van der Waals surface area (Å²) in [6.45, 7) is 1.18. The van der Waals surface area contributed by atoms with Crippen LogP contribution in [-0.2, 0) is 13.0 Å². The van der Waals surface area contributed by atoms with Gasteiger partial charge in [0, 0.05) is 29.4 Å². The highest BCUT2D eigenvalue weighted by Gasteiger charge is 2.16. The number of nitrogens with one attached hydrogen (secondary N) is 2. The summed E-state index contributed by atoms with van der Waals surface area (Å²) in [6.07, 6.45) is 0.834. The first kappa shape index (κ1) is 15.5. The van der Waals surface area contributed by atoms with Gasteiger partial charge in [0.05, 0.1) is 10.0 Å². The molecule has 3 rings (SSSR count). The zero-order chi connectivity index (χ0) is 15.7. The smallest absolute Gasteiger partial charge is 0.251 e. The average molecular weight is 356 g/mol. The van der Waals surface area contributed by atoms with Crippen molar-refractivity contribution in [2.45, 2.75) is 13.0 Å². The molecule has 0 unspecified atom stereocenters. The molecule has 1 heterocycles. The topological polar surface area (TPSA) is 41.1 Å². The quantitative estimate of drug-likeness (QED) is 0.793. The van der Waals surface area contributed by atoms with Gasteiger partial charge < -0.3 is 10.6 Å². The molecule has 0 saturated carbocycles. The van der Waals surface area contributed by atoms with Crippen molar-refractivity contribution in [3.63, 3.8) is 0 Å². The summed E-state index contributed by atoms with van der Waals surface area (Å²) in [5, 5.41) is 7.60. The van der Waals surface area contributed by atoms with E-state index in [1.54, 1.807) is 12.1 Å². The second-order valence-electron chi connectivity index (χ2n) is 5.09. The summed E-state index contributed by atoms with van der Waals surface area (Å²) in [6, 6.07) is 9.11. The predicted molar refractivity (Wildman–Crippen MR) is 91.3 cm³/mol. The Morgan fingerprint density at radius 3 is 2.77 bits per heavy atom. The molecule has 0 saturated heterocycles. The molecule has 0 aliphatic carbocycles. The van der Waals surface area contributed by atoms with Crippen LogP contribution in [0.3, 0.4) is 0 Å². The van der Waals surface area contributed by atoms with Gasteiger partial charge in [0.2, 0.25) is 0 Å². The fraction of sp³-hybridized carbons (Fsp3) is 0.188. The molecule has 2 aromatic rings. The third kappa shape index (κ3) is 3.17. The first-order chi connectivity index (χ1) is 10.5. The molecule has 3 nitrogen and oxygen atoms in total. The summed E-state index contributed by atoms with van der Waals surface area (Å²) in [7, 11) is 0. The summed E-state index contributed by atoms with van der Waals surface area (Å²) in [5.41, 5.74) is 3.54. The maximum Gasteiger partial charge on any atom is 0.251 e. The number of benzene rings is 2. The van der Waals surface area contributed by atoms with Crippen LogP contribution in [0.15, 0.2) is 30.3 Å². The largest absolute Gasteiger partial charge is 0.381 e. The summed E-state index contributed by atoms with van der Waals surface area (Å²) in [5.74, 6) is -0.0162. The minimum absolute atomic E-state index is 0.0162. The molecular weight excluding hydrogens is 343 g/mol. The number of hydrogen-bond acceptors (Lipinski definition) is 2. The molecule has 1 amide bonds. The molecule has 0 bridgehead atoms. The van der Waals surface area contributed by atoms with Gasteiger partial charge in [-0.05, 0) is 47.9 Å². The highest BCUT2D eigenvalue weighted by Crippen LogP contribution is 2.30. The maximum absolute atomic E-state index is 11.7. The van der Waals surface area contributed by atoms with Crippen molar-refractivity contribution in [3.05, 3.63) is 62.1 Å². The second-order valence-corrected chi connectivity index (χ2v) is 6.31. The van der Waals surface area contributed by atoms with Crippen LogP contribution < -0.4 is 10.6 Å². The van der Waals surface area contributed by atoms with Gasteiger partial charge in [0.25, 0.3) is 5.91 Å². The molecule has 1 aliphatic rings. The van der Waals surface area contributed by atoms with Crippen molar-refractivity contribution < 1.29 is 4.79 Å². The summed E-state index contributed by atoms with van der Waals surface area (Å²) < 4.78 is 0. The number of carbonyl (C=O) groups excluding carboxylic acids is 1. The predicted octanol–water partition coefficient (Wildman–Crippen LogP) is 4.54. The van der Waals surface area contributed by atoms with E-state index < -0.39 is 0 Å². The standard InChI is InChI=1S/C16H13Cl3N2O/c17-11-5-10(15(19)14(18)7-11)8-21-12-1-2-13-9(6-12)3-4-20-16(13)22/h1-2,5-7,21H,3-4,8H2,(H,20,22). The van der Waals surface area contributed by atoms with Gasteiger partial charge in [0.15, 0.2) is 0 Å². The zero-order valence-corrected chi connectivity index (χ0v) is 13.8. The van der Waals surface area contributed by atoms with E-state index >= 15 is 0 Å². The Kier molecular flexibility index (Phi) is 4.48. The van der Waals surface area contributed by atoms with Gasteiger partial charge in [-0.2, -0.15) is 0 Å². The Hall–Kier alpha value is -1.42. The third-order valence-corrected chi connectivity index (χ3v) is 4.64. The van der Waals surface area contributed by atoms with Crippen molar-refractivity contribution in [1.29, 1.82) is 0 Å². The van der Waals surface area contributed by atoms with Crippen LogP contribution in [0.1, 0.15) is 21.5 Å². The number of hydrogen-bond donors (Lipinski definition) is 2. The van der Waals surface area contributed by atoms with Gasteiger partial charge in [-0.1, -0.05) is 34.8 Å². The van der Waals surface area contributed by atoms with E-state index in [9.17, 15) is 4.79 Å².